The van der Waals surface area contributed by atoms with Crippen LogP contribution in [0.3, 0.4) is 0 Å². The Labute approximate surface area is 297 Å². The second-order valence-electron chi connectivity index (χ2n) is 17.8. The summed E-state index contributed by atoms with van der Waals surface area (Å²) < 4.78 is 6.11. The lowest BCUT2D eigenvalue weighted by Crippen LogP contribution is -2.51. The number of allylic oxidation sites excluding steroid dienone is 4. The highest BCUT2D eigenvalue weighted by molar-refractivity contribution is 5.69. The minimum Gasteiger partial charge on any atom is -0.462 e. The SMILES string of the molecule is CCCCCC(O)C=CC=CCCCCCCCC(=O)O[C@H]1CC[C@@]2(C)C(=CC[C@H]3[C@@H]4CC[C@H]([C@H](C)CCCC(C)C)[C@@]4(C)CC[C@@H]32)C1. The number of rotatable bonds is 20. The highest BCUT2D eigenvalue weighted by Crippen LogP contribution is 2.67. The fourth-order valence-electron chi connectivity index (χ4n) is 11.1. The van der Waals surface area contributed by atoms with Crippen molar-refractivity contribution in [3.8, 4) is 0 Å². The van der Waals surface area contributed by atoms with Crippen LogP contribution in [0.4, 0.5) is 0 Å². The average molecular weight is 665 g/mol. The van der Waals surface area contributed by atoms with Crippen LogP contribution in [0.2, 0.25) is 0 Å². The monoisotopic (exact) mass is 665 g/mol. The summed E-state index contributed by atoms with van der Waals surface area (Å²) in [5, 5.41) is 9.95. The van der Waals surface area contributed by atoms with Gasteiger partial charge in [0.1, 0.15) is 6.10 Å². The van der Waals surface area contributed by atoms with E-state index in [1.165, 1.54) is 89.9 Å². The largest absolute Gasteiger partial charge is 0.462 e. The van der Waals surface area contributed by atoms with Crippen molar-refractivity contribution in [2.75, 3.05) is 0 Å². The number of carbonyl (C=O) groups is 1. The van der Waals surface area contributed by atoms with Crippen LogP contribution in [0.5, 0.6) is 0 Å². The number of carbonyl (C=O) groups excluding carboxylic acids is 1. The summed E-state index contributed by atoms with van der Waals surface area (Å²) in [7, 11) is 0. The fraction of sp³-hybridized carbons (Fsp3) is 0.844. The number of hydrogen-bond acceptors (Lipinski definition) is 3. The Hall–Kier alpha value is -1.35. The molecule has 1 N–H and O–H groups in total. The van der Waals surface area contributed by atoms with Crippen LogP contribution in [0.15, 0.2) is 36.0 Å². The van der Waals surface area contributed by atoms with E-state index in [1.807, 2.05) is 12.2 Å². The zero-order chi connectivity index (χ0) is 34.6. The normalized spacial score (nSPS) is 33.0. The van der Waals surface area contributed by atoms with Gasteiger partial charge in [0.15, 0.2) is 0 Å². The van der Waals surface area contributed by atoms with Crippen LogP contribution in [-0.2, 0) is 9.53 Å². The van der Waals surface area contributed by atoms with Crippen LogP contribution in [-0.4, -0.2) is 23.3 Å². The number of ether oxygens (including phenoxy) is 1. The maximum absolute atomic E-state index is 12.8. The molecule has 4 aliphatic rings. The van der Waals surface area contributed by atoms with Crippen molar-refractivity contribution in [2.45, 2.75) is 195 Å². The zero-order valence-electron chi connectivity index (χ0n) is 32.3. The maximum Gasteiger partial charge on any atom is 0.306 e. The predicted molar refractivity (Wildman–Crippen MR) is 204 cm³/mol. The molecule has 3 saturated carbocycles. The molecule has 0 aromatic heterocycles. The minimum absolute atomic E-state index is 0.0254. The van der Waals surface area contributed by atoms with E-state index in [0.29, 0.717) is 17.3 Å². The second-order valence-corrected chi connectivity index (χ2v) is 17.8. The number of esters is 1. The van der Waals surface area contributed by atoms with Crippen molar-refractivity contribution in [1.29, 1.82) is 0 Å². The van der Waals surface area contributed by atoms with Gasteiger partial charge < -0.3 is 9.84 Å². The Balaban J connectivity index is 1.13. The van der Waals surface area contributed by atoms with Crippen LogP contribution in [0.25, 0.3) is 0 Å². The van der Waals surface area contributed by atoms with Gasteiger partial charge in [0, 0.05) is 12.8 Å². The molecule has 3 nitrogen and oxygen atoms in total. The summed E-state index contributed by atoms with van der Waals surface area (Å²) in [5.74, 6) is 5.22. The molecule has 4 rings (SSSR count). The second kappa shape index (κ2) is 19.3. The molecule has 0 spiro atoms. The molecule has 0 amide bonds. The zero-order valence-corrected chi connectivity index (χ0v) is 32.3. The van der Waals surface area contributed by atoms with Crippen molar-refractivity contribution in [1.82, 2.24) is 0 Å². The first-order chi connectivity index (χ1) is 23.1. The van der Waals surface area contributed by atoms with E-state index < -0.39 is 0 Å². The first-order valence-corrected chi connectivity index (χ1v) is 21.0. The first-order valence-electron chi connectivity index (χ1n) is 21.0. The van der Waals surface area contributed by atoms with Crippen molar-refractivity contribution in [3.05, 3.63) is 36.0 Å². The van der Waals surface area contributed by atoms with E-state index >= 15 is 0 Å². The van der Waals surface area contributed by atoms with E-state index in [9.17, 15) is 9.90 Å². The standard InChI is InChI=1S/C45H76O3/c1-7-8-16-22-37(46)23-17-14-12-10-9-11-13-15-18-24-43(47)48-38-29-31-44(5)36(33-38)25-26-39-41-28-27-40(35(4)21-19-20-34(2)3)45(41,6)32-30-42(39)44/h12,14,17,23,25,34-35,37-42,46H,7-11,13,15-16,18-22,24,26-33H2,1-6H3/t35-,37?,38+,39+,40-,41+,42+,44+,45-/m1/s1. The molecule has 0 radical (unpaired) electrons. The molecule has 0 heterocycles. The van der Waals surface area contributed by atoms with Gasteiger partial charge in [-0.3, -0.25) is 4.79 Å². The third-order valence-corrected chi connectivity index (χ3v) is 14.0. The fourth-order valence-corrected chi connectivity index (χ4v) is 11.1. The number of hydrogen-bond donors (Lipinski definition) is 1. The third kappa shape index (κ3) is 10.6. The number of aliphatic hydroxyl groups is 1. The van der Waals surface area contributed by atoms with Crippen LogP contribution in [0, 0.1) is 46.3 Å². The van der Waals surface area contributed by atoms with Crippen LogP contribution in [0.1, 0.15) is 183 Å². The molecular formula is C45H76O3. The van der Waals surface area contributed by atoms with Gasteiger partial charge in [-0.05, 0) is 117 Å². The van der Waals surface area contributed by atoms with E-state index in [1.54, 1.807) is 5.57 Å². The van der Waals surface area contributed by atoms with Gasteiger partial charge in [-0.1, -0.05) is 135 Å². The molecule has 0 saturated heterocycles. The average Bonchev–Trinajstić information content (AvgIpc) is 3.41. The van der Waals surface area contributed by atoms with Crippen molar-refractivity contribution in [3.63, 3.8) is 0 Å². The number of aliphatic hydroxyl groups excluding tert-OH is 1. The van der Waals surface area contributed by atoms with Gasteiger partial charge >= 0.3 is 5.97 Å². The van der Waals surface area contributed by atoms with E-state index in [-0.39, 0.29) is 18.2 Å². The van der Waals surface area contributed by atoms with Crippen LogP contribution >= 0.6 is 0 Å². The van der Waals surface area contributed by atoms with Gasteiger partial charge in [-0.2, -0.15) is 0 Å². The lowest BCUT2D eigenvalue weighted by atomic mass is 9.47. The van der Waals surface area contributed by atoms with Gasteiger partial charge in [-0.25, -0.2) is 0 Å². The lowest BCUT2D eigenvalue weighted by Gasteiger charge is -2.58. The molecule has 4 aliphatic carbocycles. The first kappa shape index (κ1) is 39.4. The summed E-state index contributed by atoms with van der Waals surface area (Å²) in [6.07, 6.45) is 36.6. The molecule has 0 bridgehead atoms. The highest BCUT2D eigenvalue weighted by Gasteiger charge is 2.59. The molecule has 0 aromatic rings. The van der Waals surface area contributed by atoms with E-state index in [4.69, 9.17) is 4.74 Å². The summed E-state index contributed by atoms with van der Waals surface area (Å²) in [6, 6.07) is 0. The van der Waals surface area contributed by atoms with Crippen molar-refractivity contribution in [2.24, 2.45) is 46.3 Å². The summed E-state index contributed by atoms with van der Waals surface area (Å²) in [5.41, 5.74) is 2.48. The minimum atomic E-state index is -0.310. The Morgan fingerprint density at radius 1 is 0.896 bits per heavy atom. The Kier molecular flexibility index (Phi) is 15.9. The Morgan fingerprint density at radius 3 is 2.48 bits per heavy atom. The van der Waals surface area contributed by atoms with E-state index in [0.717, 1.165) is 80.5 Å². The molecule has 1 unspecified atom stereocenters. The Bertz CT molecular complexity index is 1050. The van der Waals surface area contributed by atoms with Gasteiger partial charge in [-0.15, -0.1) is 0 Å². The maximum atomic E-state index is 12.8. The molecule has 9 atom stereocenters. The highest BCUT2D eigenvalue weighted by atomic mass is 16.5. The number of unbranched alkanes of at least 4 members (excludes halogenated alkanes) is 7. The van der Waals surface area contributed by atoms with E-state index in [2.05, 4.69) is 59.8 Å². The quantitative estimate of drug-likeness (QED) is 0.0610. The number of fused-ring (bicyclic) bond motifs is 5. The van der Waals surface area contributed by atoms with Gasteiger partial charge in [0.2, 0.25) is 0 Å². The predicted octanol–water partition coefficient (Wildman–Crippen LogP) is 12.7. The Morgan fingerprint density at radius 2 is 1.69 bits per heavy atom. The molecule has 3 fully saturated rings. The summed E-state index contributed by atoms with van der Waals surface area (Å²) in [6.45, 7) is 14.8. The van der Waals surface area contributed by atoms with Crippen LogP contribution < -0.4 is 0 Å². The third-order valence-electron chi connectivity index (χ3n) is 14.0. The van der Waals surface area contributed by atoms with Gasteiger partial charge in [0.25, 0.3) is 0 Å². The lowest BCUT2D eigenvalue weighted by molar-refractivity contribution is -0.151. The molecule has 274 valence electrons. The van der Waals surface area contributed by atoms with Gasteiger partial charge in [0.05, 0.1) is 6.10 Å². The molecule has 0 aliphatic heterocycles. The van der Waals surface area contributed by atoms with Crippen molar-refractivity contribution >= 4 is 5.97 Å². The summed E-state index contributed by atoms with van der Waals surface area (Å²) >= 11 is 0. The molecular weight excluding hydrogens is 588 g/mol. The summed E-state index contributed by atoms with van der Waals surface area (Å²) in [4.78, 5) is 12.8. The topological polar surface area (TPSA) is 46.5 Å². The smallest absolute Gasteiger partial charge is 0.306 e. The van der Waals surface area contributed by atoms with Crippen molar-refractivity contribution < 1.29 is 14.6 Å². The molecule has 3 heteroatoms. The molecule has 0 aromatic carbocycles. The molecule has 48 heavy (non-hydrogen) atoms.